The molecule has 0 saturated carbocycles. The Balaban J connectivity index is 2.01. The van der Waals surface area contributed by atoms with Crippen molar-refractivity contribution in [1.29, 1.82) is 0 Å². The summed E-state index contributed by atoms with van der Waals surface area (Å²) in [6.07, 6.45) is 0. The largest absolute Gasteiger partial charge is 0.496 e. The normalized spacial score (nSPS) is 12.3. The Morgan fingerprint density at radius 2 is 0.577 bits per heavy atom. The molecule has 0 aliphatic heterocycles. The van der Waals surface area contributed by atoms with Crippen molar-refractivity contribution in [2.75, 3.05) is 56.9 Å². The first-order chi connectivity index (χ1) is 25.0. The van der Waals surface area contributed by atoms with Gasteiger partial charge in [-0.05, 0) is 11.8 Å². The van der Waals surface area contributed by atoms with Crippen LogP contribution in [0.4, 0.5) is 0 Å². The van der Waals surface area contributed by atoms with E-state index in [1.807, 2.05) is 27.7 Å². The van der Waals surface area contributed by atoms with Crippen molar-refractivity contribution < 1.29 is 37.9 Å². The van der Waals surface area contributed by atoms with E-state index in [0.29, 0.717) is 133 Å². The molecule has 8 aromatic rings. The summed E-state index contributed by atoms with van der Waals surface area (Å²) in [5.41, 5.74) is 0.877. The van der Waals surface area contributed by atoms with Crippen LogP contribution in [0.5, 0.6) is 46.0 Å². The second kappa shape index (κ2) is 11.4. The van der Waals surface area contributed by atoms with Gasteiger partial charge in [0.1, 0.15) is 46.0 Å². The molecule has 0 heterocycles. The average molecular weight is 705 g/mol. The standard InChI is InChI=1S/C42H40O10/c1-15(2)21-39(49-9)33-31-29-27-23(17(45-5)13-19(47-7)25(27)37(43)35(31)41(21)51-11)24-18(46-6)14-20(48-8)26-28(24)30(29)32-34(33)40(50-10)22(16(3)4)42(52-12)36(32)38(26)44/h13-16H,1-12H3. The van der Waals surface area contributed by atoms with Gasteiger partial charge in [-0.25, -0.2) is 0 Å². The SMILES string of the molecule is COc1cc(OC)c2c3c(OC)cc(OC)c4c(=O)c5c(OC)c(C(C)C)c(OC)c6c7c(OC)c(C(C)C)c(OC)c8c(=O)c1c2c(c87)c(c43)c56. The van der Waals surface area contributed by atoms with Crippen LogP contribution in [0.15, 0.2) is 21.7 Å². The Labute approximate surface area is 298 Å². The molecule has 268 valence electrons. The summed E-state index contributed by atoms with van der Waals surface area (Å²) in [5, 5.41) is 7.79. The number of ether oxygens (including phenoxy) is 8. The van der Waals surface area contributed by atoms with E-state index in [4.69, 9.17) is 37.9 Å². The maximum absolute atomic E-state index is 15.4. The Hall–Kier alpha value is -5.64. The third-order valence-electron chi connectivity index (χ3n) is 10.9. The van der Waals surface area contributed by atoms with Gasteiger partial charge in [0.15, 0.2) is 0 Å². The van der Waals surface area contributed by atoms with Crippen LogP contribution in [-0.4, -0.2) is 56.9 Å². The van der Waals surface area contributed by atoms with Crippen molar-refractivity contribution in [3.63, 3.8) is 0 Å². The molecule has 10 heteroatoms. The Kier molecular flexibility index (Phi) is 7.37. The van der Waals surface area contributed by atoms with Gasteiger partial charge in [0, 0.05) is 77.1 Å². The molecule has 10 nitrogen and oxygen atoms in total. The van der Waals surface area contributed by atoms with Crippen LogP contribution in [0.1, 0.15) is 50.7 Å². The summed E-state index contributed by atoms with van der Waals surface area (Å²) < 4.78 is 49.3. The molecule has 0 atom stereocenters. The van der Waals surface area contributed by atoms with Gasteiger partial charge in [0.05, 0.1) is 78.4 Å². The minimum Gasteiger partial charge on any atom is -0.496 e. The fourth-order valence-corrected chi connectivity index (χ4v) is 9.12. The molecule has 0 aromatic heterocycles. The quantitative estimate of drug-likeness (QED) is 0.102. The molecule has 0 spiro atoms. The van der Waals surface area contributed by atoms with Crippen molar-refractivity contribution in [1.82, 2.24) is 0 Å². The van der Waals surface area contributed by atoms with Crippen molar-refractivity contribution in [2.45, 2.75) is 39.5 Å². The van der Waals surface area contributed by atoms with Gasteiger partial charge in [-0.15, -0.1) is 0 Å². The van der Waals surface area contributed by atoms with E-state index in [9.17, 15) is 0 Å². The van der Waals surface area contributed by atoms with Crippen LogP contribution in [-0.2, 0) is 0 Å². The Bertz CT molecular complexity index is 2680. The van der Waals surface area contributed by atoms with Crippen LogP contribution in [0, 0.1) is 0 Å². The van der Waals surface area contributed by atoms with E-state index in [1.54, 1.807) is 54.8 Å². The maximum Gasteiger partial charge on any atom is 0.201 e. The van der Waals surface area contributed by atoms with Crippen LogP contribution < -0.4 is 48.8 Å². The van der Waals surface area contributed by atoms with Crippen molar-refractivity contribution in [3.05, 3.63) is 43.7 Å². The minimum atomic E-state index is -0.277. The second-order valence-corrected chi connectivity index (χ2v) is 13.7. The molecule has 0 bridgehead atoms. The molecule has 52 heavy (non-hydrogen) atoms. The van der Waals surface area contributed by atoms with Gasteiger partial charge in [0.2, 0.25) is 10.9 Å². The molecule has 0 N–H and O–H groups in total. The van der Waals surface area contributed by atoms with Gasteiger partial charge >= 0.3 is 0 Å². The average Bonchev–Trinajstić information content (AvgIpc) is 3.15. The van der Waals surface area contributed by atoms with E-state index < -0.39 is 0 Å². The molecule has 0 aliphatic rings. The number of fused-ring (bicyclic) bond motifs is 2. The van der Waals surface area contributed by atoms with Crippen molar-refractivity contribution in [2.24, 2.45) is 0 Å². The smallest absolute Gasteiger partial charge is 0.201 e. The molecule has 0 aliphatic carbocycles. The summed E-state index contributed by atoms with van der Waals surface area (Å²) in [7, 11) is 12.6. The van der Waals surface area contributed by atoms with Crippen LogP contribution in [0.3, 0.4) is 0 Å². The summed E-state index contributed by atoms with van der Waals surface area (Å²) in [6, 6.07) is 3.43. The third-order valence-corrected chi connectivity index (χ3v) is 10.9. The highest BCUT2D eigenvalue weighted by atomic mass is 16.5. The van der Waals surface area contributed by atoms with Crippen LogP contribution in [0.2, 0.25) is 0 Å². The lowest BCUT2D eigenvalue weighted by Gasteiger charge is -2.29. The lowest BCUT2D eigenvalue weighted by molar-refractivity contribution is 0.386. The number of hydrogen-bond donors (Lipinski definition) is 0. The van der Waals surface area contributed by atoms with Gasteiger partial charge in [-0.3, -0.25) is 9.59 Å². The van der Waals surface area contributed by atoms with Gasteiger partial charge in [0.25, 0.3) is 0 Å². The molecule has 8 rings (SSSR count). The van der Waals surface area contributed by atoms with E-state index in [0.717, 1.165) is 0 Å². The molecule has 0 radical (unpaired) electrons. The first kappa shape index (κ1) is 33.5. The lowest BCUT2D eigenvalue weighted by Crippen LogP contribution is -2.15. The third kappa shape index (κ3) is 3.69. The first-order valence-electron chi connectivity index (χ1n) is 17.1. The number of methoxy groups -OCH3 is 8. The van der Waals surface area contributed by atoms with Crippen molar-refractivity contribution >= 4 is 75.4 Å². The first-order valence-corrected chi connectivity index (χ1v) is 17.1. The molecule has 0 unspecified atom stereocenters. The summed E-state index contributed by atoms with van der Waals surface area (Å²) in [6.45, 7) is 8.12. The second-order valence-electron chi connectivity index (χ2n) is 13.7. The molecular formula is C42H40O10. The van der Waals surface area contributed by atoms with Gasteiger partial charge < -0.3 is 37.9 Å². The predicted octanol–water partition coefficient (Wildman–Crippen LogP) is 8.55. The molecular weight excluding hydrogens is 664 g/mol. The highest BCUT2D eigenvalue weighted by molar-refractivity contribution is 6.51. The Morgan fingerprint density at radius 3 is 0.846 bits per heavy atom. The van der Waals surface area contributed by atoms with E-state index in [-0.39, 0.29) is 22.7 Å². The zero-order chi connectivity index (χ0) is 37.2. The number of benzene rings is 8. The van der Waals surface area contributed by atoms with Gasteiger partial charge in [-0.2, -0.15) is 0 Å². The number of rotatable bonds is 10. The molecule has 0 saturated heterocycles. The highest BCUT2D eigenvalue weighted by Crippen LogP contribution is 2.61. The molecule has 0 amide bonds. The molecule has 0 fully saturated rings. The van der Waals surface area contributed by atoms with E-state index in [1.165, 1.54) is 14.2 Å². The van der Waals surface area contributed by atoms with E-state index in [2.05, 4.69) is 0 Å². The topological polar surface area (TPSA) is 108 Å². The summed E-state index contributed by atoms with van der Waals surface area (Å²) in [5.74, 6) is 3.16. The van der Waals surface area contributed by atoms with E-state index >= 15 is 9.59 Å². The maximum atomic E-state index is 15.4. The highest BCUT2D eigenvalue weighted by Gasteiger charge is 2.38. The predicted molar refractivity (Wildman–Crippen MR) is 207 cm³/mol. The zero-order valence-electron chi connectivity index (χ0n) is 31.4. The zero-order valence-corrected chi connectivity index (χ0v) is 31.4. The minimum absolute atomic E-state index is 0.136. The monoisotopic (exact) mass is 704 g/mol. The summed E-state index contributed by atoms with van der Waals surface area (Å²) in [4.78, 5) is 30.8. The lowest BCUT2D eigenvalue weighted by atomic mass is 9.77. The molecule has 8 aromatic carbocycles. The van der Waals surface area contributed by atoms with Gasteiger partial charge in [-0.1, -0.05) is 27.7 Å². The Morgan fingerprint density at radius 1 is 0.327 bits per heavy atom. The van der Waals surface area contributed by atoms with Crippen LogP contribution >= 0.6 is 0 Å². The number of hydrogen-bond acceptors (Lipinski definition) is 10. The van der Waals surface area contributed by atoms with Crippen molar-refractivity contribution in [3.8, 4) is 46.0 Å². The fraction of sp³-hybridized carbons (Fsp3) is 0.333. The fourth-order valence-electron chi connectivity index (χ4n) is 9.12. The van der Waals surface area contributed by atoms with Crippen LogP contribution in [0.25, 0.3) is 75.4 Å². The summed E-state index contributed by atoms with van der Waals surface area (Å²) >= 11 is 0.